The highest BCUT2D eigenvalue weighted by atomic mass is 31.3. The average Bonchev–Trinajstić information content (AvgIpc) is 3.11. The minimum atomic E-state index is -5.63. The highest BCUT2D eigenvalue weighted by Gasteiger charge is 2.49. The van der Waals surface area contributed by atoms with Crippen LogP contribution in [0.1, 0.15) is 16.6 Å². The molecule has 0 saturated carbocycles. The number of nitrogens with one attached hydrogen (secondary N) is 1. The minimum Gasteiger partial charge on any atom is -0.394 e. The van der Waals surface area contributed by atoms with Crippen LogP contribution in [0.3, 0.4) is 0 Å². The van der Waals surface area contributed by atoms with Crippen molar-refractivity contribution in [3.05, 3.63) is 32.6 Å². The van der Waals surface area contributed by atoms with Crippen molar-refractivity contribution in [2.45, 2.75) is 55.2 Å². The van der Waals surface area contributed by atoms with Gasteiger partial charge in [-0.05, 0) is 0 Å². The van der Waals surface area contributed by atoms with Gasteiger partial charge < -0.3 is 49.9 Å². The Kier molecular flexibility index (Phi) is 9.58. The summed E-state index contributed by atoms with van der Waals surface area (Å²) in [5.41, 5.74) is -2.70. The number of nitrogens with zero attached hydrogens (tertiary/aromatic N) is 1. The molecule has 2 saturated heterocycles. The molecule has 22 heteroatoms. The van der Waals surface area contributed by atoms with E-state index >= 15 is 0 Å². The first-order valence-corrected chi connectivity index (χ1v) is 13.4. The lowest BCUT2D eigenvalue weighted by molar-refractivity contribution is -0.280. The molecule has 0 spiro atoms. The van der Waals surface area contributed by atoms with E-state index in [4.69, 9.17) is 14.6 Å². The fraction of sp³-hybridized carbons (Fsp3) is 0.688. The zero-order chi connectivity index (χ0) is 28.6. The minimum absolute atomic E-state index is 0.103. The van der Waals surface area contributed by atoms with E-state index < -0.39 is 101 Å². The third kappa shape index (κ3) is 6.70. The van der Waals surface area contributed by atoms with Crippen LogP contribution in [0, 0.1) is 0 Å². The van der Waals surface area contributed by atoms with E-state index in [1.165, 1.54) is 0 Å². The highest BCUT2D eigenvalue weighted by molar-refractivity contribution is 7.61. The van der Waals surface area contributed by atoms with Gasteiger partial charge in [-0.1, -0.05) is 0 Å². The lowest BCUT2D eigenvalue weighted by Gasteiger charge is -2.39. The molecule has 2 aliphatic rings. The number of aliphatic hydroxyl groups excluding tert-OH is 6. The summed E-state index contributed by atoms with van der Waals surface area (Å²) < 4.78 is 47.9. The molecule has 11 atom stereocenters. The summed E-state index contributed by atoms with van der Waals surface area (Å²) in [6.07, 6.45) is -16.1. The summed E-state index contributed by atoms with van der Waals surface area (Å²) in [7, 11) is -11.2. The van der Waals surface area contributed by atoms with Gasteiger partial charge in [0.2, 0.25) is 0 Å². The van der Waals surface area contributed by atoms with E-state index in [1.807, 2.05) is 0 Å². The largest absolute Gasteiger partial charge is 0.483 e. The molecule has 3 rings (SSSR count). The van der Waals surface area contributed by atoms with Crippen LogP contribution < -0.4 is 11.2 Å². The molecule has 0 aliphatic carbocycles. The van der Waals surface area contributed by atoms with Crippen LogP contribution >= 0.6 is 15.6 Å². The summed E-state index contributed by atoms with van der Waals surface area (Å²) in [4.78, 5) is 55.9. The number of hydrogen-bond donors (Lipinski definition) is 9. The van der Waals surface area contributed by atoms with Crippen molar-refractivity contribution in [3.8, 4) is 0 Å². The van der Waals surface area contributed by atoms with E-state index in [2.05, 4.69) is 13.4 Å². The number of hydrogen-bond acceptors (Lipinski definition) is 16. The molecule has 216 valence electrons. The maximum Gasteiger partial charge on any atom is 0.483 e. The highest BCUT2D eigenvalue weighted by Crippen LogP contribution is 2.61. The zero-order valence-electron chi connectivity index (χ0n) is 18.8. The number of phosphoric acid groups is 2. The van der Waals surface area contributed by atoms with Crippen LogP contribution in [-0.2, 0) is 32.0 Å². The number of aromatic amines is 1. The van der Waals surface area contributed by atoms with E-state index in [0.717, 1.165) is 6.20 Å². The lowest BCUT2D eigenvalue weighted by atomic mass is 10.00. The van der Waals surface area contributed by atoms with Crippen molar-refractivity contribution in [2.24, 2.45) is 0 Å². The molecular weight excluding hydrogens is 570 g/mol. The fourth-order valence-corrected chi connectivity index (χ4v) is 5.66. The first-order chi connectivity index (χ1) is 17.6. The summed E-state index contributed by atoms with van der Waals surface area (Å²) in [5, 5.41) is 58.7. The molecule has 2 unspecified atom stereocenters. The van der Waals surface area contributed by atoms with E-state index in [0.29, 0.717) is 4.57 Å². The van der Waals surface area contributed by atoms with Gasteiger partial charge in [0.25, 0.3) is 5.56 Å². The number of ether oxygens (including phenoxy) is 2. The van der Waals surface area contributed by atoms with Crippen LogP contribution in [0.25, 0.3) is 0 Å². The summed E-state index contributed by atoms with van der Waals surface area (Å²) >= 11 is 0. The molecule has 1 aromatic heterocycles. The van der Waals surface area contributed by atoms with Gasteiger partial charge in [0.05, 0.1) is 18.8 Å². The standard InChI is InChI=1S/C16H24N2O18P2/c19-2-5-1-18(16(27)17-13(5)26)14-11(24)9(22)7(33-14)4-32-37(28,29)36-38(30,31)35-15-12(25)10(23)8(21)6(3-20)34-15/h1-2,6-12,14-15,20-25H,3-4H2,(H,28,29)(H,30,31)(H,17,26,27)/t6-,7-,8+,9-,10+,11-,12-,14-,15-/m1/s1. The molecule has 3 heterocycles. The summed E-state index contributed by atoms with van der Waals surface area (Å²) in [5.74, 6) is 0. The molecule has 0 radical (unpaired) electrons. The number of rotatable bonds is 10. The fourth-order valence-electron chi connectivity index (χ4n) is 3.50. The van der Waals surface area contributed by atoms with Crippen LogP contribution in [0.5, 0.6) is 0 Å². The van der Waals surface area contributed by atoms with E-state index in [1.54, 1.807) is 4.98 Å². The third-order valence-electron chi connectivity index (χ3n) is 5.43. The van der Waals surface area contributed by atoms with E-state index in [9.17, 15) is 58.8 Å². The normalized spacial score (nSPS) is 36.9. The van der Waals surface area contributed by atoms with Gasteiger partial charge in [-0.25, -0.2) is 13.9 Å². The first kappa shape index (κ1) is 30.8. The van der Waals surface area contributed by atoms with Gasteiger partial charge in [-0.2, -0.15) is 4.31 Å². The summed E-state index contributed by atoms with van der Waals surface area (Å²) in [6.45, 7) is -2.01. The number of aldehydes is 1. The van der Waals surface area contributed by atoms with Crippen molar-refractivity contribution in [2.75, 3.05) is 13.2 Å². The topological polar surface area (TPSA) is 314 Å². The van der Waals surface area contributed by atoms with Crippen molar-refractivity contribution in [3.63, 3.8) is 0 Å². The Labute approximate surface area is 210 Å². The van der Waals surface area contributed by atoms with Crippen molar-refractivity contribution in [1.82, 2.24) is 9.55 Å². The maximum atomic E-state index is 12.2. The molecule has 1 aromatic rings. The third-order valence-corrected chi connectivity index (χ3v) is 8.03. The second-order valence-electron chi connectivity index (χ2n) is 8.03. The average molecular weight is 594 g/mol. The Morgan fingerprint density at radius 3 is 2.18 bits per heavy atom. The number of phosphoric ester groups is 2. The van der Waals surface area contributed by atoms with Crippen molar-refractivity contribution >= 4 is 21.9 Å². The van der Waals surface area contributed by atoms with Crippen LogP contribution in [0.2, 0.25) is 0 Å². The maximum absolute atomic E-state index is 12.2. The molecule has 20 nitrogen and oxygen atoms in total. The quantitative estimate of drug-likeness (QED) is 0.0904. The molecule has 2 aliphatic heterocycles. The Morgan fingerprint density at radius 1 is 0.947 bits per heavy atom. The van der Waals surface area contributed by atoms with Gasteiger partial charge >= 0.3 is 21.3 Å². The molecule has 38 heavy (non-hydrogen) atoms. The van der Waals surface area contributed by atoms with Crippen molar-refractivity contribution < 1.29 is 77.2 Å². The van der Waals surface area contributed by atoms with Gasteiger partial charge in [0.15, 0.2) is 18.8 Å². The number of carbonyl (C=O) groups excluding carboxylic acids is 1. The second-order valence-corrected chi connectivity index (χ2v) is 11.0. The number of carbonyl (C=O) groups is 1. The van der Waals surface area contributed by atoms with Gasteiger partial charge in [-0.3, -0.25) is 28.2 Å². The second kappa shape index (κ2) is 11.8. The molecule has 2 fully saturated rings. The lowest BCUT2D eigenvalue weighted by Crippen LogP contribution is -2.58. The Balaban J connectivity index is 1.64. The predicted molar refractivity (Wildman–Crippen MR) is 114 cm³/mol. The van der Waals surface area contributed by atoms with Crippen LogP contribution in [0.15, 0.2) is 15.8 Å². The number of aliphatic hydroxyl groups is 6. The van der Waals surface area contributed by atoms with Crippen molar-refractivity contribution in [1.29, 1.82) is 0 Å². The monoisotopic (exact) mass is 594 g/mol. The van der Waals surface area contributed by atoms with Crippen LogP contribution in [0.4, 0.5) is 0 Å². The number of H-pyrrole nitrogens is 1. The predicted octanol–water partition coefficient (Wildman–Crippen LogP) is -4.98. The Bertz CT molecular complexity index is 1220. The van der Waals surface area contributed by atoms with Gasteiger partial charge in [0, 0.05) is 6.20 Å². The van der Waals surface area contributed by atoms with E-state index in [-0.39, 0.29) is 6.29 Å². The summed E-state index contributed by atoms with van der Waals surface area (Å²) in [6, 6.07) is 0. The first-order valence-electron chi connectivity index (χ1n) is 10.4. The molecular formula is C16H24N2O18P2. The number of aromatic nitrogens is 2. The zero-order valence-corrected chi connectivity index (χ0v) is 20.6. The Hall–Kier alpha value is -1.71. The molecule has 0 bridgehead atoms. The molecule has 0 aromatic carbocycles. The Morgan fingerprint density at radius 2 is 1.58 bits per heavy atom. The molecule has 9 N–H and O–H groups in total. The molecule has 0 amide bonds. The van der Waals surface area contributed by atoms with Crippen LogP contribution in [-0.4, -0.2) is 118 Å². The van der Waals surface area contributed by atoms with Gasteiger partial charge in [0.1, 0.15) is 42.7 Å². The van der Waals surface area contributed by atoms with Gasteiger partial charge in [-0.15, -0.1) is 0 Å². The smallest absolute Gasteiger partial charge is 0.394 e. The SMILES string of the molecule is O=Cc1cn([C@@H]2O[C@H](COP(=O)(O)OP(=O)(O)O[C@H]3O[C@H](CO)[C@H](O)[C@H](O)[C@H]3O)[C@@H](O)[C@H]2O)c(=O)[nH]c1=O.